The first kappa shape index (κ1) is 11.4. The van der Waals surface area contributed by atoms with Crippen molar-refractivity contribution >= 4 is 5.69 Å². The van der Waals surface area contributed by atoms with Gasteiger partial charge in [0.1, 0.15) is 5.75 Å². The number of hydrogen-bond acceptors (Lipinski definition) is 2. The van der Waals surface area contributed by atoms with Gasteiger partial charge in [-0.2, -0.15) is 8.78 Å². The van der Waals surface area contributed by atoms with E-state index in [-0.39, 0.29) is 5.75 Å². The van der Waals surface area contributed by atoms with Gasteiger partial charge in [0.15, 0.2) is 0 Å². The van der Waals surface area contributed by atoms with Crippen molar-refractivity contribution in [3.8, 4) is 16.9 Å². The van der Waals surface area contributed by atoms with Crippen molar-refractivity contribution in [1.29, 1.82) is 0 Å². The van der Waals surface area contributed by atoms with Gasteiger partial charge in [-0.25, -0.2) is 0 Å². The zero-order chi connectivity index (χ0) is 12.3. The van der Waals surface area contributed by atoms with E-state index in [0.717, 1.165) is 11.1 Å². The molecule has 0 aliphatic carbocycles. The Bertz CT molecular complexity index is 514. The monoisotopic (exact) mass is 235 g/mol. The molecule has 0 saturated heterocycles. The Labute approximate surface area is 97.6 Å². The van der Waals surface area contributed by atoms with E-state index in [1.165, 1.54) is 6.07 Å². The minimum absolute atomic E-state index is 0.139. The maximum atomic E-state index is 12.1. The lowest BCUT2D eigenvalue weighted by molar-refractivity contribution is -0.0498. The summed E-state index contributed by atoms with van der Waals surface area (Å²) in [7, 11) is 0. The van der Waals surface area contributed by atoms with Crippen LogP contribution in [0.1, 0.15) is 0 Å². The van der Waals surface area contributed by atoms with Gasteiger partial charge in [-0.15, -0.1) is 0 Å². The summed E-state index contributed by atoms with van der Waals surface area (Å²) >= 11 is 0. The van der Waals surface area contributed by atoms with Crippen LogP contribution in [0.3, 0.4) is 0 Å². The molecular weight excluding hydrogens is 224 g/mol. The number of nitrogens with two attached hydrogens (primary N) is 1. The van der Waals surface area contributed by atoms with Crippen LogP contribution in [-0.2, 0) is 0 Å². The Kier molecular flexibility index (Phi) is 3.23. The van der Waals surface area contributed by atoms with Crippen LogP contribution in [-0.4, -0.2) is 6.61 Å². The molecule has 0 heterocycles. The van der Waals surface area contributed by atoms with Crippen LogP contribution < -0.4 is 10.5 Å². The smallest absolute Gasteiger partial charge is 0.387 e. The second-order valence-corrected chi connectivity index (χ2v) is 3.53. The first-order valence-electron chi connectivity index (χ1n) is 5.06. The first-order chi connectivity index (χ1) is 8.15. The molecule has 0 aromatic heterocycles. The zero-order valence-corrected chi connectivity index (χ0v) is 8.94. The number of rotatable bonds is 3. The fourth-order valence-electron chi connectivity index (χ4n) is 1.57. The average molecular weight is 235 g/mol. The largest absolute Gasteiger partial charge is 0.435 e. The number of alkyl halides is 2. The fourth-order valence-corrected chi connectivity index (χ4v) is 1.57. The van der Waals surface area contributed by atoms with E-state index in [2.05, 4.69) is 4.74 Å². The highest BCUT2D eigenvalue weighted by Crippen LogP contribution is 2.25. The molecule has 0 radical (unpaired) electrons. The number of hydrogen-bond donors (Lipinski definition) is 1. The molecule has 0 spiro atoms. The Balaban J connectivity index is 2.33. The molecule has 0 aliphatic heterocycles. The molecule has 2 N–H and O–H groups in total. The molecule has 17 heavy (non-hydrogen) atoms. The van der Waals surface area contributed by atoms with Crippen LogP contribution in [0, 0.1) is 0 Å². The molecule has 2 aromatic rings. The topological polar surface area (TPSA) is 35.2 Å². The lowest BCUT2D eigenvalue weighted by atomic mass is 10.1. The van der Waals surface area contributed by atoms with E-state index in [0.29, 0.717) is 5.69 Å². The van der Waals surface area contributed by atoms with Gasteiger partial charge in [-0.3, -0.25) is 0 Å². The van der Waals surface area contributed by atoms with Gasteiger partial charge in [0.05, 0.1) is 0 Å². The van der Waals surface area contributed by atoms with Crippen LogP contribution in [0.15, 0.2) is 48.5 Å². The van der Waals surface area contributed by atoms with Crippen molar-refractivity contribution in [2.24, 2.45) is 0 Å². The van der Waals surface area contributed by atoms with E-state index >= 15 is 0 Å². The molecule has 0 saturated carbocycles. The fraction of sp³-hybridized carbons (Fsp3) is 0.0769. The number of ether oxygens (including phenoxy) is 1. The maximum Gasteiger partial charge on any atom is 0.387 e. The summed E-state index contributed by atoms with van der Waals surface area (Å²) in [4.78, 5) is 0. The number of nitrogen functional groups attached to an aromatic ring is 1. The molecular formula is C13H11F2NO. The van der Waals surface area contributed by atoms with Crippen molar-refractivity contribution in [1.82, 2.24) is 0 Å². The molecule has 0 aliphatic rings. The van der Waals surface area contributed by atoms with Gasteiger partial charge in [0.2, 0.25) is 0 Å². The number of benzene rings is 2. The van der Waals surface area contributed by atoms with E-state index in [1.807, 2.05) is 18.2 Å². The van der Waals surface area contributed by atoms with Crippen molar-refractivity contribution < 1.29 is 13.5 Å². The second kappa shape index (κ2) is 4.82. The Morgan fingerprint density at radius 2 is 1.59 bits per heavy atom. The number of anilines is 1. The first-order valence-corrected chi connectivity index (χ1v) is 5.06. The summed E-state index contributed by atoms with van der Waals surface area (Å²) in [6.07, 6.45) is 0. The molecule has 4 heteroatoms. The number of halogens is 2. The average Bonchev–Trinajstić information content (AvgIpc) is 2.28. The molecule has 88 valence electrons. The van der Waals surface area contributed by atoms with Crippen molar-refractivity contribution in [3.63, 3.8) is 0 Å². The highest BCUT2D eigenvalue weighted by Gasteiger charge is 2.05. The predicted molar refractivity (Wildman–Crippen MR) is 62.9 cm³/mol. The highest BCUT2D eigenvalue weighted by atomic mass is 19.3. The summed E-state index contributed by atoms with van der Waals surface area (Å²) in [6.45, 7) is -2.81. The summed E-state index contributed by atoms with van der Waals surface area (Å²) in [5.41, 5.74) is 7.94. The van der Waals surface area contributed by atoms with Gasteiger partial charge in [0.25, 0.3) is 0 Å². The van der Waals surface area contributed by atoms with Gasteiger partial charge >= 0.3 is 6.61 Å². The lowest BCUT2D eigenvalue weighted by Gasteiger charge is -2.07. The van der Waals surface area contributed by atoms with E-state index in [4.69, 9.17) is 5.73 Å². The van der Waals surface area contributed by atoms with E-state index in [9.17, 15) is 8.78 Å². The molecule has 0 bridgehead atoms. The molecule has 0 amide bonds. The van der Waals surface area contributed by atoms with Gasteiger partial charge in [0, 0.05) is 5.69 Å². The Hall–Kier alpha value is -2.10. The van der Waals surface area contributed by atoms with Crippen LogP contribution >= 0.6 is 0 Å². The molecule has 2 rings (SSSR count). The third-order valence-corrected chi connectivity index (χ3v) is 2.28. The maximum absolute atomic E-state index is 12.1. The predicted octanol–water partition coefficient (Wildman–Crippen LogP) is 3.54. The lowest BCUT2D eigenvalue weighted by Crippen LogP contribution is -2.01. The van der Waals surface area contributed by atoms with E-state index < -0.39 is 6.61 Å². The van der Waals surface area contributed by atoms with Crippen LogP contribution in [0.5, 0.6) is 5.75 Å². The quantitative estimate of drug-likeness (QED) is 0.826. The summed E-state index contributed by atoms with van der Waals surface area (Å²) in [5.74, 6) is 0.139. The van der Waals surface area contributed by atoms with Gasteiger partial charge < -0.3 is 10.5 Å². The second-order valence-electron chi connectivity index (χ2n) is 3.53. The highest BCUT2D eigenvalue weighted by molar-refractivity contribution is 5.68. The van der Waals surface area contributed by atoms with Crippen molar-refractivity contribution in [2.75, 3.05) is 5.73 Å². The molecule has 0 unspecified atom stereocenters. The minimum atomic E-state index is -2.81. The third kappa shape index (κ3) is 2.93. The van der Waals surface area contributed by atoms with Gasteiger partial charge in [-0.1, -0.05) is 24.3 Å². The summed E-state index contributed by atoms with van der Waals surface area (Å²) in [6, 6.07) is 13.7. The third-order valence-electron chi connectivity index (χ3n) is 2.28. The van der Waals surface area contributed by atoms with Crippen molar-refractivity contribution in [3.05, 3.63) is 48.5 Å². The van der Waals surface area contributed by atoms with Crippen LogP contribution in [0.2, 0.25) is 0 Å². The van der Waals surface area contributed by atoms with E-state index in [1.54, 1.807) is 24.3 Å². The summed E-state index contributed by atoms with van der Waals surface area (Å²) in [5, 5.41) is 0. The SMILES string of the molecule is Nc1cccc(-c2cccc(OC(F)F)c2)c1. The molecule has 0 fully saturated rings. The van der Waals surface area contributed by atoms with Crippen LogP contribution in [0.4, 0.5) is 14.5 Å². The standard InChI is InChI=1S/C13H11F2NO/c14-13(15)17-12-6-2-4-10(8-12)9-3-1-5-11(16)7-9/h1-8,13H,16H2. The normalized spacial score (nSPS) is 10.5. The Morgan fingerprint density at radius 3 is 2.24 bits per heavy atom. The van der Waals surface area contributed by atoms with Crippen LogP contribution in [0.25, 0.3) is 11.1 Å². The molecule has 0 atom stereocenters. The summed E-state index contributed by atoms with van der Waals surface area (Å²) < 4.78 is 28.5. The molecule has 2 nitrogen and oxygen atoms in total. The minimum Gasteiger partial charge on any atom is -0.435 e. The zero-order valence-electron chi connectivity index (χ0n) is 8.94. The Morgan fingerprint density at radius 1 is 0.941 bits per heavy atom. The van der Waals surface area contributed by atoms with Crippen molar-refractivity contribution in [2.45, 2.75) is 6.61 Å². The molecule has 2 aromatic carbocycles. The van der Waals surface area contributed by atoms with Gasteiger partial charge in [-0.05, 0) is 35.4 Å².